The van der Waals surface area contributed by atoms with Gasteiger partial charge in [-0.2, -0.15) is 13.2 Å². The van der Waals surface area contributed by atoms with Crippen LogP contribution in [0.1, 0.15) is 13.8 Å². The van der Waals surface area contributed by atoms with E-state index < -0.39 is 19.7 Å². The second-order valence-electron chi connectivity index (χ2n) is 5.30. The lowest BCUT2D eigenvalue weighted by Gasteiger charge is -2.16. The summed E-state index contributed by atoms with van der Waals surface area (Å²) < 4.78 is 56.2. The molecule has 14 heteroatoms. The number of aryl methyl sites for hydroxylation is 1. The normalized spacial score (nSPS) is 11.6. The molecule has 2 heterocycles. The highest BCUT2D eigenvalue weighted by atomic mass is 31.2. The van der Waals surface area contributed by atoms with E-state index in [9.17, 15) is 17.7 Å². The number of carboxylic acid groups (broad SMARTS) is 1. The van der Waals surface area contributed by atoms with Gasteiger partial charge in [-0.25, -0.2) is 4.79 Å². The minimum Gasteiger partial charge on any atom is -0.475 e. The molecule has 0 aromatic carbocycles. The topological polar surface area (TPSA) is 142 Å². The highest BCUT2D eigenvalue weighted by molar-refractivity contribution is 7.53. The van der Waals surface area contributed by atoms with E-state index in [1.54, 1.807) is 43.2 Å². The molecule has 0 atom stereocenters. The molecule has 2 aromatic rings. The summed E-state index contributed by atoms with van der Waals surface area (Å²) in [5, 5.41) is 15.2. The zero-order valence-corrected chi connectivity index (χ0v) is 16.6. The van der Waals surface area contributed by atoms with E-state index in [1.165, 1.54) is 0 Å². The average Bonchev–Trinajstić information content (AvgIpc) is 3.09. The maximum absolute atomic E-state index is 12.4. The Hall–Kier alpha value is -2.50. The van der Waals surface area contributed by atoms with Crippen molar-refractivity contribution in [1.29, 1.82) is 0 Å². The number of hydrogen-bond acceptors (Lipinski definition) is 8. The van der Waals surface area contributed by atoms with Crippen LogP contribution in [-0.2, 0) is 25.0 Å². The SMILES string of the molecule is CCOP(=O)(CCn1cc(-c2cnccc2N)nn1)OCC.O=C(O)C(F)(F)F. The summed E-state index contributed by atoms with van der Waals surface area (Å²) in [6.07, 6.45) is 0.133. The number of halogens is 3. The summed E-state index contributed by atoms with van der Waals surface area (Å²) in [4.78, 5) is 12.9. The van der Waals surface area contributed by atoms with Crippen LogP contribution in [0, 0.1) is 0 Å². The van der Waals surface area contributed by atoms with Crippen molar-refractivity contribution in [2.45, 2.75) is 26.6 Å². The van der Waals surface area contributed by atoms with Gasteiger partial charge in [0.25, 0.3) is 0 Å². The third-order valence-corrected chi connectivity index (χ3v) is 5.22. The van der Waals surface area contributed by atoms with Crippen molar-refractivity contribution in [3.05, 3.63) is 24.7 Å². The number of rotatable bonds is 8. The summed E-state index contributed by atoms with van der Waals surface area (Å²) in [6.45, 7) is 4.62. The van der Waals surface area contributed by atoms with E-state index >= 15 is 0 Å². The first-order valence-corrected chi connectivity index (χ1v) is 10.0. The van der Waals surface area contributed by atoms with Crippen LogP contribution in [0.2, 0.25) is 0 Å². The van der Waals surface area contributed by atoms with Gasteiger partial charge in [-0.1, -0.05) is 5.21 Å². The molecule has 0 spiro atoms. The van der Waals surface area contributed by atoms with Gasteiger partial charge in [0.2, 0.25) is 0 Å². The Labute approximate surface area is 164 Å². The fourth-order valence-corrected chi connectivity index (χ4v) is 3.50. The molecule has 10 nitrogen and oxygen atoms in total. The largest absolute Gasteiger partial charge is 0.490 e. The van der Waals surface area contributed by atoms with Crippen molar-refractivity contribution >= 4 is 19.3 Å². The first-order valence-electron chi connectivity index (χ1n) is 8.30. The fraction of sp³-hybridized carbons (Fsp3) is 0.467. The number of nitrogens with two attached hydrogens (primary N) is 1. The predicted molar refractivity (Wildman–Crippen MR) is 97.1 cm³/mol. The number of carboxylic acids is 1. The Balaban J connectivity index is 0.000000516. The van der Waals surface area contributed by atoms with Crippen LogP contribution < -0.4 is 5.73 Å². The lowest BCUT2D eigenvalue weighted by molar-refractivity contribution is -0.192. The lowest BCUT2D eigenvalue weighted by atomic mass is 10.2. The molecule has 0 aliphatic carbocycles. The third kappa shape index (κ3) is 8.18. The van der Waals surface area contributed by atoms with E-state index in [0.717, 1.165) is 0 Å². The summed E-state index contributed by atoms with van der Waals surface area (Å²) in [5.74, 6) is -2.76. The van der Waals surface area contributed by atoms with E-state index in [-0.39, 0.29) is 6.16 Å². The minimum absolute atomic E-state index is 0.236. The van der Waals surface area contributed by atoms with E-state index in [1.807, 2.05) is 0 Å². The number of carbonyl (C=O) groups is 1. The molecule has 0 bridgehead atoms. The van der Waals surface area contributed by atoms with E-state index in [4.69, 9.17) is 24.7 Å². The summed E-state index contributed by atoms with van der Waals surface area (Å²) in [7, 11) is -3.08. The molecular formula is C15H21F3N5O5P. The van der Waals surface area contributed by atoms with Crippen molar-refractivity contribution in [1.82, 2.24) is 20.0 Å². The maximum Gasteiger partial charge on any atom is 0.490 e. The fourth-order valence-electron chi connectivity index (χ4n) is 1.94. The van der Waals surface area contributed by atoms with Crippen LogP contribution >= 0.6 is 7.60 Å². The molecule has 0 radical (unpaired) electrons. The molecular weight excluding hydrogens is 418 g/mol. The van der Waals surface area contributed by atoms with E-state index in [0.29, 0.717) is 36.7 Å². The highest BCUT2D eigenvalue weighted by Crippen LogP contribution is 2.47. The number of aliphatic carboxylic acids is 1. The number of alkyl halides is 3. The Morgan fingerprint density at radius 2 is 1.90 bits per heavy atom. The van der Waals surface area contributed by atoms with Gasteiger partial charge in [-0.05, 0) is 19.9 Å². The second-order valence-corrected chi connectivity index (χ2v) is 7.49. The molecule has 29 heavy (non-hydrogen) atoms. The number of hydrogen-bond donors (Lipinski definition) is 2. The van der Waals surface area contributed by atoms with E-state index in [2.05, 4.69) is 15.3 Å². The predicted octanol–water partition coefficient (Wildman–Crippen LogP) is 2.82. The highest BCUT2D eigenvalue weighted by Gasteiger charge is 2.38. The molecule has 0 fully saturated rings. The zero-order valence-electron chi connectivity index (χ0n) is 15.7. The molecule has 0 aliphatic heterocycles. The number of anilines is 1. The molecule has 3 N–H and O–H groups in total. The van der Waals surface area contributed by atoms with Crippen LogP contribution in [0.4, 0.5) is 18.9 Å². The van der Waals surface area contributed by atoms with Gasteiger partial charge in [0, 0.05) is 23.6 Å². The van der Waals surface area contributed by atoms with Crippen molar-refractivity contribution in [3.63, 3.8) is 0 Å². The summed E-state index contributed by atoms with van der Waals surface area (Å²) >= 11 is 0. The lowest BCUT2D eigenvalue weighted by Crippen LogP contribution is -2.21. The Bertz CT molecular complexity index is 836. The van der Waals surface area contributed by atoms with Gasteiger partial charge in [-0.3, -0.25) is 14.2 Å². The molecule has 2 rings (SSSR count). The summed E-state index contributed by atoms with van der Waals surface area (Å²) in [6, 6.07) is 1.70. The van der Waals surface area contributed by atoms with Crippen LogP contribution in [0.15, 0.2) is 24.7 Å². The quantitative estimate of drug-likeness (QED) is 0.594. The number of nitrogen functional groups attached to an aromatic ring is 1. The minimum atomic E-state index is -5.08. The Kier molecular flexibility index (Phi) is 9.21. The molecule has 2 aromatic heterocycles. The Morgan fingerprint density at radius 3 is 2.38 bits per heavy atom. The van der Waals surface area contributed by atoms with Crippen molar-refractivity contribution in [2.75, 3.05) is 25.1 Å². The first kappa shape index (κ1) is 24.5. The van der Waals surface area contributed by atoms with Gasteiger partial charge in [0.05, 0.1) is 32.1 Å². The summed E-state index contributed by atoms with van der Waals surface area (Å²) in [5.41, 5.74) is 7.80. The van der Waals surface area contributed by atoms with Crippen LogP contribution in [0.25, 0.3) is 11.3 Å². The van der Waals surface area contributed by atoms with Gasteiger partial charge < -0.3 is 19.9 Å². The molecule has 0 amide bonds. The van der Waals surface area contributed by atoms with Gasteiger partial charge in [0.1, 0.15) is 5.69 Å². The molecule has 0 aliphatic rings. The number of aromatic nitrogens is 4. The first-order chi connectivity index (χ1) is 13.5. The number of pyridine rings is 1. The Morgan fingerprint density at radius 1 is 1.31 bits per heavy atom. The molecule has 0 saturated carbocycles. The molecule has 162 valence electrons. The van der Waals surface area contributed by atoms with Crippen molar-refractivity contribution in [3.8, 4) is 11.3 Å². The maximum atomic E-state index is 12.4. The zero-order chi connectivity index (χ0) is 22.1. The van der Waals surface area contributed by atoms with Crippen LogP contribution in [0.5, 0.6) is 0 Å². The average molecular weight is 439 g/mol. The van der Waals surface area contributed by atoms with Crippen molar-refractivity contribution in [2.24, 2.45) is 0 Å². The number of nitrogens with zero attached hydrogens (tertiary/aromatic N) is 4. The monoisotopic (exact) mass is 439 g/mol. The standard InChI is InChI=1S/C13H20N5O3P.C2HF3O2/c1-3-20-22(19,21-4-2)8-7-18-10-13(16-17-18)11-9-15-6-5-12(11)14;3-2(4,5)1(6)7/h5-6,9-10H,3-4,7-8H2,1-2H3,(H2,14,15);(H,6,7). The van der Waals surface area contributed by atoms with Gasteiger partial charge in [0.15, 0.2) is 0 Å². The second kappa shape index (κ2) is 10.9. The smallest absolute Gasteiger partial charge is 0.475 e. The molecule has 0 unspecified atom stereocenters. The van der Waals surface area contributed by atoms with Crippen molar-refractivity contribution < 1.29 is 36.7 Å². The van der Waals surface area contributed by atoms with Gasteiger partial charge >= 0.3 is 19.7 Å². The van der Waals surface area contributed by atoms with Crippen LogP contribution in [-0.4, -0.2) is 56.6 Å². The van der Waals surface area contributed by atoms with Crippen LogP contribution in [0.3, 0.4) is 0 Å². The third-order valence-electron chi connectivity index (χ3n) is 3.17. The van der Waals surface area contributed by atoms with Gasteiger partial charge in [-0.15, -0.1) is 5.10 Å². The molecule has 0 saturated heterocycles.